The largest absolute Gasteiger partial charge is 0.462 e. The molecule has 0 spiro atoms. The van der Waals surface area contributed by atoms with Crippen molar-refractivity contribution in [3.05, 3.63) is 53.7 Å². The summed E-state index contributed by atoms with van der Waals surface area (Å²) in [5, 5.41) is 0. The van der Waals surface area contributed by atoms with E-state index in [1.807, 2.05) is 24.4 Å². The molecule has 2 aromatic heterocycles. The van der Waals surface area contributed by atoms with Crippen molar-refractivity contribution >= 4 is 0 Å². The molecule has 1 unspecified atom stereocenters. The second-order valence-electron chi connectivity index (χ2n) is 4.68. The maximum atomic E-state index is 5.70. The van der Waals surface area contributed by atoms with Gasteiger partial charge in [0, 0.05) is 25.5 Å². The fourth-order valence-corrected chi connectivity index (χ4v) is 1.99. The molecule has 19 heavy (non-hydrogen) atoms. The van der Waals surface area contributed by atoms with Gasteiger partial charge >= 0.3 is 0 Å². The minimum Gasteiger partial charge on any atom is -0.462 e. The van der Waals surface area contributed by atoms with Crippen molar-refractivity contribution in [2.45, 2.75) is 26.1 Å². The number of hydrogen-bond acceptors (Lipinski definition) is 4. The number of methoxy groups -OCH3 is 1. The van der Waals surface area contributed by atoms with Gasteiger partial charge in [0.05, 0.1) is 6.54 Å². The van der Waals surface area contributed by atoms with Crippen LogP contribution in [0, 0.1) is 0 Å². The van der Waals surface area contributed by atoms with Crippen molar-refractivity contribution < 1.29 is 9.15 Å². The molecule has 2 rings (SSSR count). The molecular weight excluding hydrogens is 240 g/mol. The highest BCUT2D eigenvalue weighted by molar-refractivity contribution is 5.13. The van der Waals surface area contributed by atoms with Crippen molar-refractivity contribution in [3.63, 3.8) is 0 Å². The van der Waals surface area contributed by atoms with Crippen LogP contribution in [0.15, 0.2) is 41.1 Å². The van der Waals surface area contributed by atoms with Crippen LogP contribution >= 0.6 is 0 Å². The summed E-state index contributed by atoms with van der Waals surface area (Å²) in [7, 11) is 3.75. The summed E-state index contributed by atoms with van der Waals surface area (Å²) in [5.74, 6) is 1.81. The zero-order valence-electron chi connectivity index (χ0n) is 11.7. The lowest BCUT2D eigenvalue weighted by Gasteiger charge is -2.23. The molecule has 0 aliphatic heterocycles. The lowest BCUT2D eigenvalue weighted by atomic mass is 10.1. The van der Waals surface area contributed by atoms with E-state index in [4.69, 9.17) is 9.15 Å². The summed E-state index contributed by atoms with van der Waals surface area (Å²) in [6.45, 7) is 3.44. The van der Waals surface area contributed by atoms with E-state index in [1.54, 1.807) is 13.3 Å². The predicted octanol–water partition coefficient (Wildman–Crippen LogP) is 3.01. The van der Waals surface area contributed by atoms with Crippen molar-refractivity contribution in [2.75, 3.05) is 14.2 Å². The van der Waals surface area contributed by atoms with Gasteiger partial charge in [-0.2, -0.15) is 0 Å². The molecule has 0 amide bonds. The smallest absolute Gasteiger partial charge is 0.129 e. The Balaban J connectivity index is 1.98. The lowest BCUT2D eigenvalue weighted by molar-refractivity contribution is 0.158. The number of furan rings is 1. The molecule has 0 fully saturated rings. The SMILES string of the molecule is COCc1ccc(CN(C)C(C)c2cccnc2)o1. The van der Waals surface area contributed by atoms with E-state index >= 15 is 0 Å². The second kappa shape index (κ2) is 6.50. The highest BCUT2D eigenvalue weighted by Gasteiger charge is 2.13. The summed E-state index contributed by atoms with van der Waals surface area (Å²) in [5.41, 5.74) is 1.20. The Morgan fingerprint density at radius 3 is 2.79 bits per heavy atom. The monoisotopic (exact) mass is 260 g/mol. The van der Waals surface area contributed by atoms with E-state index in [2.05, 4.69) is 29.9 Å². The highest BCUT2D eigenvalue weighted by atomic mass is 16.5. The molecule has 102 valence electrons. The molecule has 0 aliphatic rings. The zero-order valence-corrected chi connectivity index (χ0v) is 11.7. The Morgan fingerprint density at radius 1 is 1.32 bits per heavy atom. The second-order valence-corrected chi connectivity index (χ2v) is 4.68. The van der Waals surface area contributed by atoms with Crippen LogP contribution in [0.4, 0.5) is 0 Å². The molecule has 2 aromatic rings. The quantitative estimate of drug-likeness (QED) is 0.800. The first-order valence-electron chi connectivity index (χ1n) is 6.37. The van der Waals surface area contributed by atoms with Crippen LogP contribution in [-0.2, 0) is 17.9 Å². The Bertz CT molecular complexity index is 496. The summed E-state index contributed by atoms with van der Waals surface area (Å²) < 4.78 is 10.7. The third-order valence-corrected chi connectivity index (χ3v) is 3.24. The number of hydrogen-bond donors (Lipinski definition) is 0. The van der Waals surface area contributed by atoms with Gasteiger partial charge in [-0.15, -0.1) is 0 Å². The highest BCUT2D eigenvalue weighted by Crippen LogP contribution is 2.20. The Hall–Kier alpha value is -1.65. The molecule has 0 aromatic carbocycles. The minimum absolute atomic E-state index is 0.296. The van der Waals surface area contributed by atoms with Crippen LogP contribution in [0.1, 0.15) is 30.0 Å². The molecule has 0 bridgehead atoms. The van der Waals surface area contributed by atoms with Gasteiger partial charge in [-0.25, -0.2) is 0 Å². The predicted molar refractivity (Wildman–Crippen MR) is 73.5 cm³/mol. The first-order chi connectivity index (χ1) is 9.20. The van der Waals surface area contributed by atoms with Gasteiger partial charge in [0.2, 0.25) is 0 Å². The first kappa shape index (κ1) is 13.8. The maximum Gasteiger partial charge on any atom is 0.129 e. The van der Waals surface area contributed by atoms with Gasteiger partial charge in [-0.3, -0.25) is 9.88 Å². The van der Waals surface area contributed by atoms with Crippen LogP contribution in [0.2, 0.25) is 0 Å². The van der Waals surface area contributed by atoms with Crippen LogP contribution in [0.5, 0.6) is 0 Å². The Labute approximate surface area is 114 Å². The van der Waals surface area contributed by atoms with E-state index in [0.717, 1.165) is 18.1 Å². The molecule has 0 saturated heterocycles. The van der Waals surface area contributed by atoms with E-state index in [-0.39, 0.29) is 0 Å². The number of rotatable bonds is 6. The van der Waals surface area contributed by atoms with Crippen LogP contribution in [-0.4, -0.2) is 24.0 Å². The molecule has 0 saturated carbocycles. The van der Waals surface area contributed by atoms with Gasteiger partial charge in [0.1, 0.15) is 18.1 Å². The molecule has 0 aliphatic carbocycles. The van der Waals surface area contributed by atoms with Crippen molar-refractivity contribution in [2.24, 2.45) is 0 Å². The van der Waals surface area contributed by atoms with Gasteiger partial charge in [-0.05, 0) is 37.7 Å². The number of ether oxygens (including phenoxy) is 1. The summed E-state index contributed by atoms with van der Waals surface area (Å²) >= 11 is 0. The lowest BCUT2D eigenvalue weighted by Crippen LogP contribution is -2.21. The zero-order chi connectivity index (χ0) is 13.7. The average Bonchev–Trinajstić information content (AvgIpc) is 2.86. The van der Waals surface area contributed by atoms with Crippen LogP contribution in [0.25, 0.3) is 0 Å². The number of aromatic nitrogens is 1. The molecule has 0 N–H and O–H groups in total. The molecule has 1 atom stereocenters. The average molecular weight is 260 g/mol. The molecule has 2 heterocycles. The third kappa shape index (κ3) is 3.66. The van der Waals surface area contributed by atoms with Crippen molar-refractivity contribution in [1.82, 2.24) is 9.88 Å². The molecule has 4 heteroatoms. The summed E-state index contributed by atoms with van der Waals surface area (Å²) in [6.07, 6.45) is 3.69. The van der Waals surface area contributed by atoms with Crippen molar-refractivity contribution in [3.8, 4) is 0 Å². The topological polar surface area (TPSA) is 38.5 Å². The molecule has 4 nitrogen and oxygen atoms in total. The Kier molecular flexibility index (Phi) is 4.71. The fourth-order valence-electron chi connectivity index (χ4n) is 1.99. The van der Waals surface area contributed by atoms with E-state index < -0.39 is 0 Å². The van der Waals surface area contributed by atoms with Gasteiger partial charge in [0.15, 0.2) is 0 Å². The Morgan fingerprint density at radius 2 is 2.11 bits per heavy atom. The molecule has 0 radical (unpaired) electrons. The van der Waals surface area contributed by atoms with Crippen molar-refractivity contribution in [1.29, 1.82) is 0 Å². The number of nitrogens with zero attached hydrogens (tertiary/aromatic N) is 2. The van der Waals surface area contributed by atoms with Crippen LogP contribution in [0.3, 0.4) is 0 Å². The van der Waals surface area contributed by atoms with Gasteiger partial charge < -0.3 is 9.15 Å². The van der Waals surface area contributed by atoms with E-state index in [1.165, 1.54) is 5.56 Å². The van der Waals surface area contributed by atoms with E-state index in [0.29, 0.717) is 12.6 Å². The number of pyridine rings is 1. The van der Waals surface area contributed by atoms with Gasteiger partial charge in [0.25, 0.3) is 0 Å². The minimum atomic E-state index is 0.296. The van der Waals surface area contributed by atoms with E-state index in [9.17, 15) is 0 Å². The fraction of sp³-hybridized carbons (Fsp3) is 0.400. The third-order valence-electron chi connectivity index (χ3n) is 3.24. The molecular formula is C15H20N2O2. The maximum absolute atomic E-state index is 5.70. The summed E-state index contributed by atoms with van der Waals surface area (Å²) in [6, 6.07) is 8.31. The first-order valence-corrected chi connectivity index (χ1v) is 6.37. The normalized spacial score (nSPS) is 12.8. The standard InChI is InChI=1S/C15H20N2O2/c1-12(13-5-4-8-16-9-13)17(2)10-14-6-7-15(19-14)11-18-3/h4-9,12H,10-11H2,1-3H3. The van der Waals surface area contributed by atoms with Crippen LogP contribution < -0.4 is 0 Å². The van der Waals surface area contributed by atoms with Gasteiger partial charge in [-0.1, -0.05) is 6.07 Å². The summed E-state index contributed by atoms with van der Waals surface area (Å²) in [4.78, 5) is 6.39.